The van der Waals surface area contributed by atoms with Crippen LogP contribution in [-0.4, -0.2) is 54.8 Å². The van der Waals surface area contributed by atoms with E-state index in [1.807, 2.05) is 0 Å². The van der Waals surface area contributed by atoms with E-state index in [0.29, 0.717) is 36.0 Å². The molecule has 0 atom stereocenters. The lowest BCUT2D eigenvalue weighted by molar-refractivity contribution is -0.116. The molecule has 0 aliphatic carbocycles. The topological polar surface area (TPSA) is 101 Å². The Hall–Kier alpha value is -1.69. The fourth-order valence-corrected chi connectivity index (χ4v) is 6.39. The first kappa shape index (κ1) is 23.0. The molecule has 164 valence electrons. The van der Waals surface area contributed by atoms with Crippen LogP contribution in [-0.2, 0) is 21.2 Å². The van der Waals surface area contributed by atoms with Gasteiger partial charge in [-0.1, -0.05) is 30.0 Å². The zero-order chi connectivity index (χ0) is 21.6. The summed E-state index contributed by atoms with van der Waals surface area (Å²) in [5.41, 5.74) is 0.685. The Morgan fingerprint density at radius 3 is 2.77 bits per heavy atom. The SMILES string of the molecule is CCCSc1nnc(NC(=O)CCc2cc(S(=O)(=O)N3CCCC3)ccc2OC)s1. The first-order valence-electron chi connectivity index (χ1n) is 9.87. The number of aryl methyl sites for hydroxylation is 1. The van der Waals surface area contributed by atoms with Gasteiger partial charge in [0.2, 0.25) is 21.1 Å². The van der Waals surface area contributed by atoms with E-state index in [1.54, 1.807) is 30.0 Å². The van der Waals surface area contributed by atoms with Crippen molar-refractivity contribution >= 4 is 44.2 Å². The maximum absolute atomic E-state index is 12.8. The van der Waals surface area contributed by atoms with Crippen LogP contribution in [0.25, 0.3) is 0 Å². The number of anilines is 1. The number of aromatic nitrogens is 2. The lowest BCUT2D eigenvalue weighted by Crippen LogP contribution is -2.28. The highest BCUT2D eigenvalue weighted by atomic mass is 32.2. The Morgan fingerprint density at radius 1 is 1.30 bits per heavy atom. The maximum Gasteiger partial charge on any atom is 0.243 e. The molecule has 1 fully saturated rings. The summed E-state index contributed by atoms with van der Waals surface area (Å²) in [5.74, 6) is 1.32. The summed E-state index contributed by atoms with van der Waals surface area (Å²) >= 11 is 2.96. The molecule has 0 unspecified atom stereocenters. The van der Waals surface area contributed by atoms with Crippen molar-refractivity contribution in [3.05, 3.63) is 23.8 Å². The van der Waals surface area contributed by atoms with E-state index < -0.39 is 10.0 Å². The third-order valence-electron chi connectivity index (χ3n) is 4.66. The van der Waals surface area contributed by atoms with Crippen LogP contribution in [0, 0.1) is 0 Å². The van der Waals surface area contributed by atoms with Gasteiger partial charge in [-0.2, -0.15) is 4.31 Å². The Balaban J connectivity index is 1.65. The molecule has 1 aliphatic rings. The highest BCUT2D eigenvalue weighted by Gasteiger charge is 2.27. The number of hydrogen-bond donors (Lipinski definition) is 1. The van der Waals surface area contributed by atoms with E-state index in [9.17, 15) is 13.2 Å². The van der Waals surface area contributed by atoms with Crippen molar-refractivity contribution in [1.29, 1.82) is 0 Å². The minimum atomic E-state index is -3.52. The van der Waals surface area contributed by atoms with Gasteiger partial charge in [0.1, 0.15) is 5.75 Å². The molecule has 0 spiro atoms. The number of carbonyl (C=O) groups excluding carboxylic acids is 1. The molecule has 0 bridgehead atoms. The summed E-state index contributed by atoms with van der Waals surface area (Å²) in [6.07, 6.45) is 3.34. The van der Waals surface area contributed by atoms with Crippen molar-refractivity contribution in [2.45, 2.75) is 48.3 Å². The quantitative estimate of drug-likeness (QED) is 0.419. The summed E-state index contributed by atoms with van der Waals surface area (Å²) < 4.78 is 33.4. The van der Waals surface area contributed by atoms with Crippen LogP contribution in [0.1, 0.15) is 38.2 Å². The van der Waals surface area contributed by atoms with E-state index >= 15 is 0 Å². The summed E-state index contributed by atoms with van der Waals surface area (Å²) in [6.45, 7) is 3.19. The number of ether oxygens (including phenoxy) is 1. The van der Waals surface area contributed by atoms with Gasteiger partial charge in [-0.25, -0.2) is 8.42 Å². The molecule has 2 heterocycles. The molecule has 11 heteroatoms. The number of sulfonamides is 1. The van der Waals surface area contributed by atoms with Gasteiger partial charge in [0.25, 0.3) is 0 Å². The zero-order valence-corrected chi connectivity index (χ0v) is 19.5. The number of benzene rings is 1. The Morgan fingerprint density at radius 2 is 2.07 bits per heavy atom. The van der Waals surface area contributed by atoms with Gasteiger partial charge in [-0.3, -0.25) is 4.79 Å². The average Bonchev–Trinajstić information content (AvgIpc) is 3.43. The number of rotatable bonds is 10. The number of nitrogens with zero attached hydrogens (tertiary/aromatic N) is 3. The maximum atomic E-state index is 12.8. The van der Waals surface area contributed by atoms with Crippen molar-refractivity contribution in [1.82, 2.24) is 14.5 Å². The second-order valence-electron chi connectivity index (χ2n) is 6.85. The van der Waals surface area contributed by atoms with Crippen LogP contribution >= 0.6 is 23.1 Å². The van der Waals surface area contributed by atoms with Gasteiger partial charge in [0.15, 0.2) is 4.34 Å². The van der Waals surface area contributed by atoms with Crippen molar-refractivity contribution in [3.63, 3.8) is 0 Å². The molecule has 0 radical (unpaired) electrons. The molecule has 2 aromatic rings. The summed E-state index contributed by atoms with van der Waals surface area (Å²) in [7, 11) is -1.99. The van der Waals surface area contributed by atoms with Crippen molar-refractivity contribution in [3.8, 4) is 5.75 Å². The average molecular weight is 471 g/mol. The monoisotopic (exact) mass is 470 g/mol. The van der Waals surface area contributed by atoms with Gasteiger partial charge < -0.3 is 10.1 Å². The van der Waals surface area contributed by atoms with Crippen molar-refractivity contribution in [2.75, 3.05) is 31.3 Å². The molecule has 1 saturated heterocycles. The van der Waals surface area contributed by atoms with Crippen LogP contribution in [0.4, 0.5) is 5.13 Å². The smallest absolute Gasteiger partial charge is 0.243 e. The first-order valence-corrected chi connectivity index (χ1v) is 13.1. The molecule has 1 aromatic carbocycles. The number of nitrogens with one attached hydrogen (secondary N) is 1. The molecule has 1 N–H and O–H groups in total. The van der Waals surface area contributed by atoms with E-state index in [0.717, 1.165) is 29.4 Å². The summed E-state index contributed by atoms with van der Waals surface area (Å²) in [5, 5.41) is 11.3. The fourth-order valence-electron chi connectivity index (χ4n) is 3.13. The van der Waals surface area contributed by atoms with Gasteiger partial charge in [-0.15, -0.1) is 10.2 Å². The Labute approximate surface area is 185 Å². The second-order valence-corrected chi connectivity index (χ2v) is 11.1. The van der Waals surface area contributed by atoms with Gasteiger partial charge >= 0.3 is 0 Å². The lowest BCUT2D eigenvalue weighted by atomic mass is 10.1. The largest absolute Gasteiger partial charge is 0.496 e. The predicted molar refractivity (Wildman–Crippen MR) is 119 cm³/mol. The number of amides is 1. The number of thioether (sulfide) groups is 1. The summed E-state index contributed by atoms with van der Waals surface area (Å²) in [6, 6.07) is 4.83. The highest BCUT2D eigenvalue weighted by Crippen LogP contribution is 2.28. The van der Waals surface area contributed by atoms with Gasteiger partial charge in [0.05, 0.1) is 12.0 Å². The second kappa shape index (κ2) is 10.6. The molecule has 30 heavy (non-hydrogen) atoms. The molecule has 3 rings (SSSR count). The van der Waals surface area contributed by atoms with E-state index in [2.05, 4.69) is 22.4 Å². The van der Waals surface area contributed by atoms with Gasteiger partial charge in [0, 0.05) is 25.3 Å². The predicted octanol–water partition coefficient (Wildman–Crippen LogP) is 3.40. The Bertz CT molecular complexity index is 972. The Kier molecular flexibility index (Phi) is 8.09. The van der Waals surface area contributed by atoms with Crippen LogP contribution < -0.4 is 10.1 Å². The summed E-state index contributed by atoms with van der Waals surface area (Å²) in [4.78, 5) is 12.6. The number of methoxy groups -OCH3 is 1. The van der Waals surface area contributed by atoms with Crippen LogP contribution in [0.2, 0.25) is 0 Å². The first-order chi connectivity index (χ1) is 14.4. The third-order valence-corrected chi connectivity index (χ3v) is 8.73. The molecule has 0 saturated carbocycles. The van der Waals surface area contributed by atoms with Crippen molar-refractivity contribution < 1.29 is 17.9 Å². The number of carbonyl (C=O) groups is 1. The van der Waals surface area contributed by atoms with E-state index in [4.69, 9.17) is 4.74 Å². The van der Waals surface area contributed by atoms with Crippen LogP contribution in [0.3, 0.4) is 0 Å². The lowest BCUT2D eigenvalue weighted by Gasteiger charge is -2.17. The van der Waals surface area contributed by atoms with Crippen LogP contribution in [0.15, 0.2) is 27.4 Å². The highest BCUT2D eigenvalue weighted by molar-refractivity contribution is 8.01. The molecular weight excluding hydrogens is 444 g/mol. The standard InChI is InChI=1S/C19H26N4O4S3/c1-3-12-28-19-22-21-18(29-19)20-17(24)9-6-14-13-15(7-8-16(14)27-2)30(25,26)23-10-4-5-11-23/h7-8,13H,3-6,9-12H2,1-2H3,(H,20,21,24). The third kappa shape index (κ3) is 5.71. The van der Waals surface area contributed by atoms with Gasteiger partial charge in [-0.05, 0) is 49.4 Å². The van der Waals surface area contributed by atoms with E-state index in [-0.39, 0.29) is 17.2 Å². The molecular formula is C19H26N4O4S3. The van der Waals surface area contributed by atoms with Crippen LogP contribution in [0.5, 0.6) is 5.75 Å². The van der Waals surface area contributed by atoms with E-state index in [1.165, 1.54) is 22.8 Å². The molecule has 1 aliphatic heterocycles. The molecule has 1 amide bonds. The van der Waals surface area contributed by atoms with Crippen molar-refractivity contribution in [2.24, 2.45) is 0 Å². The number of hydrogen-bond acceptors (Lipinski definition) is 8. The zero-order valence-electron chi connectivity index (χ0n) is 17.1. The minimum absolute atomic E-state index is 0.181. The normalized spacial score (nSPS) is 14.7. The minimum Gasteiger partial charge on any atom is -0.496 e. The molecule has 8 nitrogen and oxygen atoms in total. The fraction of sp³-hybridized carbons (Fsp3) is 0.526. The molecule has 1 aromatic heterocycles.